The molecule has 0 bridgehead atoms. The minimum absolute atomic E-state index is 0.0208. The van der Waals surface area contributed by atoms with Gasteiger partial charge in [0, 0.05) is 18.0 Å². The highest BCUT2D eigenvalue weighted by atomic mass is 16.6. The van der Waals surface area contributed by atoms with Crippen molar-refractivity contribution in [3.63, 3.8) is 0 Å². The normalized spacial score (nSPS) is 22.8. The van der Waals surface area contributed by atoms with Gasteiger partial charge in [0.1, 0.15) is 0 Å². The number of nitrogens with one attached hydrogen (secondary N) is 1. The molecule has 0 radical (unpaired) electrons. The summed E-state index contributed by atoms with van der Waals surface area (Å²) >= 11 is 0. The molecule has 0 saturated heterocycles. The Morgan fingerprint density at radius 2 is 1.69 bits per heavy atom. The fourth-order valence-electron chi connectivity index (χ4n) is 1.35. The van der Waals surface area contributed by atoms with Gasteiger partial charge in [0.05, 0.1) is 5.56 Å². The summed E-state index contributed by atoms with van der Waals surface area (Å²) < 4.78 is 0. The van der Waals surface area contributed by atoms with Crippen LogP contribution < -0.4 is 5.32 Å². The third-order valence-corrected chi connectivity index (χ3v) is 1.92. The SMILES string of the molecule is OC1(O)NC(O)(O)c2cnccc21. The summed E-state index contributed by atoms with van der Waals surface area (Å²) in [5.41, 5.74) is -0.0903. The lowest BCUT2D eigenvalue weighted by molar-refractivity contribution is -0.277. The van der Waals surface area contributed by atoms with E-state index in [-0.39, 0.29) is 11.1 Å². The molecule has 0 aromatic carbocycles. The molecule has 0 spiro atoms. The predicted octanol–water partition coefficient (Wildman–Crippen LogP) is -2.13. The van der Waals surface area contributed by atoms with E-state index in [9.17, 15) is 20.4 Å². The Morgan fingerprint density at radius 3 is 2.31 bits per heavy atom. The van der Waals surface area contributed by atoms with E-state index in [2.05, 4.69) is 4.98 Å². The van der Waals surface area contributed by atoms with E-state index < -0.39 is 11.8 Å². The lowest BCUT2D eigenvalue weighted by atomic mass is 10.1. The van der Waals surface area contributed by atoms with Crippen LogP contribution in [0.3, 0.4) is 0 Å². The van der Waals surface area contributed by atoms with Gasteiger partial charge >= 0.3 is 0 Å². The van der Waals surface area contributed by atoms with Crippen LogP contribution in [0.2, 0.25) is 0 Å². The van der Waals surface area contributed by atoms with E-state index in [1.54, 1.807) is 0 Å². The van der Waals surface area contributed by atoms with Gasteiger partial charge in [-0.2, -0.15) is 0 Å². The van der Waals surface area contributed by atoms with Gasteiger partial charge in [-0.05, 0) is 6.07 Å². The number of aromatic nitrogens is 1. The van der Waals surface area contributed by atoms with Crippen LogP contribution >= 0.6 is 0 Å². The highest BCUT2D eigenvalue weighted by Gasteiger charge is 2.49. The van der Waals surface area contributed by atoms with Crippen molar-refractivity contribution in [1.82, 2.24) is 10.3 Å². The van der Waals surface area contributed by atoms with Crippen molar-refractivity contribution in [2.75, 3.05) is 0 Å². The summed E-state index contributed by atoms with van der Waals surface area (Å²) in [5.74, 6) is -4.88. The molecule has 1 aromatic heterocycles. The maximum absolute atomic E-state index is 9.28. The number of pyridine rings is 1. The van der Waals surface area contributed by atoms with Gasteiger partial charge in [0.15, 0.2) is 0 Å². The van der Waals surface area contributed by atoms with Crippen LogP contribution in [0.15, 0.2) is 18.5 Å². The third-order valence-electron chi connectivity index (χ3n) is 1.92. The highest BCUT2D eigenvalue weighted by Crippen LogP contribution is 2.34. The predicted molar refractivity (Wildman–Crippen MR) is 39.6 cm³/mol. The van der Waals surface area contributed by atoms with Gasteiger partial charge < -0.3 is 20.4 Å². The number of rotatable bonds is 0. The molecule has 6 nitrogen and oxygen atoms in total. The second kappa shape index (κ2) is 2.25. The Bertz CT molecular complexity index is 317. The largest absolute Gasteiger partial charge is 0.350 e. The number of aliphatic hydroxyl groups is 4. The molecule has 2 rings (SSSR count). The van der Waals surface area contributed by atoms with Crippen LogP contribution in [0.4, 0.5) is 0 Å². The monoisotopic (exact) mass is 184 g/mol. The molecule has 1 aliphatic rings. The second-order valence-electron chi connectivity index (χ2n) is 2.89. The molecular formula is C7H8N2O4. The molecule has 0 fully saturated rings. The average molecular weight is 184 g/mol. The molecule has 2 heterocycles. The van der Waals surface area contributed by atoms with Crippen molar-refractivity contribution in [3.05, 3.63) is 29.6 Å². The van der Waals surface area contributed by atoms with Crippen molar-refractivity contribution in [3.8, 4) is 0 Å². The molecule has 70 valence electrons. The van der Waals surface area contributed by atoms with Crippen molar-refractivity contribution in [1.29, 1.82) is 0 Å². The number of fused-ring (bicyclic) bond motifs is 1. The first kappa shape index (κ1) is 8.54. The Kier molecular flexibility index (Phi) is 1.48. The van der Waals surface area contributed by atoms with Gasteiger partial charge in [-0.1, -0.05) is 0 Å². The van der Waals surface area contributed by atoms with E-state index in [1.165, 1.54) is 12.3 Å². The summed E-state index contributed by atoms with van der Waals surface area (Å²) in [6.45, 7) is 0. The number of hydrogen-bond acceptors (Lipinski definition) is 6. The summed E-state index contributed by atoms with van der Waals surface area (Å²) in [6.07, 6.45) is 2.47. The fraction of sp³-hybridized carbons (Fsp3) is 0.286. The van der Waals surface area contributed by atoms with E-state index in [0.29, 0.717) is 0 Å². The van der Waals surface area contributed by atoms with E-state index in [1.807, 2.05) is 5.32 Å². The zero-order valence-corrected chi connectivity index (χ0v) is 6.47. The Labute approximate surface area is 73.1 Å². The molecule has 1 aromatic rings. The average Bonchev–Trinajstić information content (AvgIpc) is 2.20. The fourth-order valence-corrected chi connectivity index (χ4v) is 1.35. The van der Waals surface area contributed by atoms with Crippen molar-refractivity contribution in [2.45, 2.75) is 11.8 Å². The van der Waals surface area contributed by atoms with E-state index >= 15 is 0 Å². The molecule has 0 atom stereocenters. The van der Waals surface area contributed by atoms with Gasteiger partial charge in [-0.3, -0.25) is 4.98 Å². The molecule has 0 saturated carbocycles. The summed E-state index contributed by atoms with van der Waals surface area (Å²) in [4.78, 5) is 3.64. The lowest BCUT2D eigenvalue weighted by Crippen LogP contribution is -2.47. The van der Waals surface area contributed by atoms with Crippen LogP contribution in [-0.4, -0.2) is 25.4 Å². The molecule has 0 amide bonds. The van der Waals surface area contributed by atoms with Crippen LogP contribution in [0.5, 0.6) is 0 Å². The van der Waals surface area contributed by atoms with Crippen molar-refractivity contribution in [2.24, 2.45) is 0 Å². The molecule has 0 aliphatic carbocycles. The summed E-state index contributed by atoms with van der Waals surface area (Å²) in [6, 6.07) is 1.29. The van der Waals surface area contributed by atoms with Crippen LogP contribution in [0, 0.1) is 0 Å². The second-order valence-corrected chi connectivity index (χ2v) is 2.89. The maximum Gasteiger partial charge on any atom is 0.257 e. The zero-order valence-electron chi connectivity index (χ0n) is 6.47. The Morgan fingerprint density at radius 1 is 1.08 bits per heavy atom. The quantitative estimate of drug-likeness (QED) is 0.295. The molecule has 5 N–H and O–H groups in total. The van der Waals surface area contributed by atoms with Gasteiger partial charge in [0.25, 0.3) is 11.8 Å². The zero-order chi connectivity index (χ0) is 9.69. The third kappa shape index (κ3) is 1.12. The number of hydrogen-bond donors (Lipinski definition) is 5. The highest BCUT2D eigenvalue weighted by molar-refractivity contribution is 5.34. The lowest BCUT2D eigenvalue weighted by Gasteiger charge is -2.20. The first-order valence-corrected chi connectivity index (χ1v) is 3.57. The standard InChI is InChI=1S/C7H8N2O4/c10-6(11)4-1-2-8-3-5(4)7(12,13)9-6/h1-3,9-13H. The molecule has 13 heavy (non-hydrogen) atoms. The minimum Gasteiger partial charge on any atom is -0.350 e. The van der Waals surface area contributed by atoms with Crippen molar-refractivity contribution < 1.29 is 20.4 Å². The van der Waals surface area contributed by atoms with Gasteiger partial charge in [-0.15, -0.1) is 0 Å². The van der Waals surface area contributed by atoms with Crippen LogP contribution in [0.25, 0.3) is 0 Å². The first-order chi connectivity index (χ1) is 5.93. The maximum atomic E-state index is 9.28. The van der Waals surface area contributed by atoms with E-state index in [4.69, 9.17) is 0 Å². The van der Waals surface area contributed by atoms with Crippen molar-refractivity contribution >= 4 is 0 Å². The van der Waals surface area contributed by atoms with Gasteiger partial charge in [-0.25, -0.2) is 5.32 Å². The van der Waals surface area contributed by atoms with E-state index in [0.717, 1.165) is 6.20 Å². The number of nitrogens with zero attached hydrogens (tertiary/aromatic N) is 1. The minimum atomic E-state index is -2.45. The van der Waals surface area contributed by atoms with Crippen LogP contribution in [0.1, 0.15) is 11.1 Å². The molecule has 1 aliphatic heterocycles. The first-order valence-electron chi connectivity index (χ1n) is 3.57. The Hall–Kier alpha value is -1.05. The smallest absolute Gasteiger partial charge is 0.257 e. The van der Waals surface area contributed by atoms with Crippen LogP contribution in [-0.2, 0) is 11.8 Å². The summed E-state index contributed by atoms with van der Waals surface area (Å²) in [5, 5.41) is 38.9. The summed E-state index contributed by atoms with van der Waals surface area (Å²) in [7, 11) is 0. The van der Waals surface area contributed by atoms with Gasteiger partial charge in [0.2, 0.25) is 0 Å². The topological polar surface area (TPSA) is 106 Å². The molecule has 6 heteroatoms. The molecule has 0 unspecified atom stereocenters. The molecular weight excluding hydrogens is 176 g/mol. The Balaban J connectivity index is 2.64.